The summed E-state index contributed by atoms with van der Waals surface area (Å²) in [5, 5.41) is 3.43. The van der Waals surface area contributed by atoms with Gasteiger partial charge >= 0.3 is 0 Å². The van der Waals surface area contributed by atoms with Crippen molar-refractivity contribution in [2.75, 3.05) is 5.32 Å². The molecule has 0 aliphatic heterocycles. The number of halogens is 1. The molecule has 2 aromatic carbocycles. The van der Waals surface area contributed by atoms with E-state index in [0.29, 0.717) is 16.3 Å². The summed E-state index contributed by atoms with van der Waals surface area (Å²) in [4.78, 5) is 12.1. The number of rotatable bonds is 2. The van der Waals surface area contributed by atoms with Crippen LogP contribution in [0.5, 0.6) is 0 Å². The van der Waals surface area contributed by atoms with Crippen LogP contribution in [0.2, 0.25) is 5.02 Å². The van der Waals surface area contributed by atoms with Crippen molar-refractivity contribution in [1.82, 2.24) is 0 Å². The highest BCUT2D eigenvalue weighted by Crippen LogP contribution is 2.16. The minimum atomic E-state index is -0.121. The molecule has 18 heavy (non-hydrogen) atoms. The van der Waals surface area contributed by atoms with Crippen molar-refractivity contribution in [3.05, 3.63) is 64.2 Å². The molecule has 0 saturated heterocycles. The molecule has 1 N–H and O–H groups in total. The first-order valence-corrected chi connectivity index (χ1v) is 6.07. The van der Waals surface area contributed by atoms with Crippen LogP contribution in [0.15, 0.2) is 42.5 Å². The Bertz CT molecular complexity index is 573. The highest BCUT2D eigenvalue weighted by Gasteiger charge is 2.07. The predicted molar refractivity (Wildman–Crippen MR) is 75.3 cm³/mol. The molecule has 2 aromatic rings. The zero-order chi connectivity index (χ0) is 13.1. The van der Waals surface area contributed by atoms with Crippen LogP contribution >= 0.6 is 11.6 Å². The van der Waals surface area contributed by atoms with Crippen LogP contribution in [-0.4, -0.2) is 5.91 Å². The molecule has 0 radical (unpaired) electrons. The van der Waals surface area contributed by atoms with Gasteiger partial charge in [0.25, 0.3) is 5.91 Å². The molecule has 0 saturated carbocycles. The molecule has 2 rings (SSSR count). The summed E-state index contributed by atoms with van der Waals surface area (Å²) in [5.41, 5.74) is 3.51. The van der Waals surface area contributed by atoms with Crippen molar-refractivity contribution in [1.29, 1.82) is 0 Å². The number of aryl methyl sites for hydroxylation is 2. The fourth-order valence-corrected chi connectivity index (χ4v) is 2.07. The van der Waals surface area contributed by atoms with Crippen molar-refractivity contribution in [3.8, 4) is 0 Å². The zero-order valence-electron chi connectivity index (χ0n) is 10.3. The number of hydrogen-bond donors (Lipinski definition) is 1. The monoisotopic (exact) mass is 259 g/mol. The Labute approximate surface area is 112 Å². The van der Waals surface area contributed by atoms with E-state index in [-0.39, 0.29) is 5.91 Å². The number of amides is 1. The highest BCUT2D eigenvalue weighted by atomic mass is 35.5. The van der Waals surface area contributed by atoms with Crippen LogP contribution in [-0.2, 0) is 0 Å². The van der Waals surface area contributed by atoms with Gasteiger partial charge in [-0.1, -0.05) is 34.9 Å². The molecule has 0 aromatic heterocycles. The maximum absolute atomic E-state index is 12.1. The van der Waals surface area contributed by atoms with Gasteiger partial charge in [-0.25, -0.2) is 0 Å². The van der Waals surface area contributed by atoms with Crippen LogP contribution in [0.4, 0.5) is 5.69 Å². The van der Waals surface area contributed by atoms with Crippen LogP contribution < -0.4 is 5.32 Å². The Morgan fingerprint density at radius 3 is 2.33 bits per heavy atom. The molecule has 0 bridgehead atoms. The van der Waals surface area contributed by atoms with E-state index in [9.17, 15) is 4.79 Å². The first kappa shape index (κ1) is 12.7. The molecule has 0 spiro atoms. The molecule has 0 unspecified atom stereocenters. The van der Waals surface area contributed by atoms with Gasteiger partial charge in [0.15, 0.2) is 0 Å². The van der Waals surface area contributed by atoms with Crippen molar-refractivity contribution >= 4 is 23.2 Å². The molecular weight excluding hydrogens is 246 g/mol. The lowest BCUT2D eigenvalue weighted by Gasteiger charge is -2.07. The topological polar surface area (TPSA) is 29.1 Å². The summed E-state index contributed by atoms with van der Waals surface area (Å²) >= 11 is 5.87. The van der Waals surface area contributed by atoms with Crippen molar-refractivity contribution < 1.29 is 4.79 Å². The lowest BCUT2D eigenvalue weighted by molar-refractivity contribution is 0.102. The number of benzene rings is 2. The standard InChI is InChI=1S/C15H14ClNO/c1-10-6-11(2)8-12(7-10)15(18)17-14-5-3-4-13(16)9-14/h3-9H,1-2H3,(H,17,18). The second-order valence-electron chi connectivity index (χ2n) is 4.34. The molecule has 0 atom stereocenters. The van der Waals surface area contributed by atoms with E-state index in [1.165, 1.54) is 0 Å². The lowest BCUT2D eigenvalue weighted by Crippen LogP contribution is -2.12. The Morgan fingerprint density at radius 2 is 1.72 bits per heavy atom. The van der Waals surface area contributed by atoms with Gasteiger partial charge in [-0.2, -0.15) is 0 Å². The summed E-state index contributed by atoms with van der Waals surface area (Å²) in [6.07, 6.45) is 0. The summed E-state index contributed by atoms with van der Waals surface area (Å²) in [7, 11) is 0. The second-order valence-corrected chi connectivity index (χ2v) is 4.78. The van der Waals surface area contributed by atoms with Gasteiger partial charge in [0.05, 0.1) is 0 Å². The second kappa shape index (κ2) is 5.23. The first-order chi connectivity index (χ1) is 8.54. The van der Waals surface area contributed by atoms with E-state index in [4.69, 9.17) is 11.6 Å². The Morgan fingerprint density at radius 1 is 1.06 bits per heavy atom. The van der Waals surface area contributed by atoms with Gasteiger partial charge in [0, 0.05) is 16.3 Å². The van der Waals surface area contributed by atoms with E-state index < -0.39 is 0 Å². The van der Waals surface area contributed by atoms with Crippen LogP contribution in [0.3, 0.4) is 0 Å². The minimum Gasteiger partial charge on any atom is -0.322 e. The largest absolute Gasteiger partial charge is 0.322 e. The van der Waals surface area contributed by atoms with Crippen molar-refractivity contribution in [2.45, 2.75) is 13.8 Å². The van der Waals surface area contributed by atoms with Crippen LogP contribution in [0.25, 0.3) is 0 Å². The average molecular weight is 260 g/mol. The quantitative estimate of drug-likeness (QED) is 0.860. The number of anilines is 1. The molecule has 2 nitrogen and oxygen atoms in total. The molecule has 92 valence electrons. The van der Waals surface area contributed by atoms with E-state index in [1.807, 2.05) is 38.1 Å². The number of carbonyl (C=O) groups excluding carboxylic acids is 1. The average Bonchev–Trinajstić information content (AvgIpc) is 2.27. The number of nitrogens with one attached hydrogen (secondary N) is 1. The molecule has 3 heteroatoms. The zero-order valence-corrected chi connectivity index (χ0v) is 11.1. The van der Waals surface area contributed by atoms with Crippen molar-refractivity contribution in [3.63, 3.8) is 0 Å². The van der Waals surface area contributed by atoms with E-state index in [1.54, 1.807) is 18.2 Å². The van der Waals surface area contributed by atoms with Crippen LogP contribution in [0.1, 0.15) is 21.5 Å². The maximum Gasteiger partial charge on any atom is 0.255 e. The van der Waals surface area contributed by atoms with Gasteiger partial charge in [0.1, 0.15) is 0 Å². The van der Waals surface area contributed by atoms with Crippen molar-refractivity contribution in [2.24, 2.45) is 0 Å². The third-order valence-electron chi connectivity index (χ3n) is 2.57. The summed E-state index contributed by atoms with van der Waals surface area (Å²) in [5.74, 6) is -0.121. The fourth-order valence-electron chi connectivity index (χ4n) is 1.88. The maximum atomic E-state index is 12.1. The van der Waals surface area contributed by atoms with Gasteiger partial charge in [-0.3, -0.25) is 4.79 Å². The van der Waals surface area contributed by atoms with Gasteiger partial charge < -0.3 is 5.32 Å². The third-order valence-corrected chi connectivity index (χ3v) is 2.80. The molecular formula is C15H14ClNO. The highest BCUT2D eigenvalue weighted by molar-refractivity contribution is 6.30. The van der Waals surface area contributed by atoms with Gasteiger partial charge in [-0.05, 0) is 44.2 Å². The molecule has 0 fully saturated rings. The molecule has 0 aliphatic rings. The van der Waals surface area contributed by atoms with Crippen LogP contribution in [0, 0.1) is 13.8 Å². The van der Waals surface area contributed by atoms with Gasteiger partial charge in [-0.15, -0.1) is 0 Å². The number of carbonyl (C=O) groups is 1. The Kier molecular flexibility index (Phi) is 3.68. The lowest BCUT2D eigenvalue weighted by atomic mass is 10.1. The Balaban J connectivity index is 2.22. The summed E-state index contributed by atoms with van der Waals surface area (Å²) in [6.45, 7) is 3.95. The smallest absolute Gasteiger partial charge is 0.255 e. The third kappa shape index (κ3) is 3.11. The SMILES string of the molecule is Cc1cc(C)cc(C(=O)Nc2cccc(Cl)c2)c1. The minimum absolute atomic E-state index is 0.121. The number of hydrogen-bond acceptors (Lipinski definition) is 1. The Hall–Kier alpha value is -1.80. The normalized spacial score (nSPS) is 10.2. The fraction of sp³-hybridized carbons (Fsp3) is 0.133. The molecule has 0 heterocycles. The summed E-state index contributed by atoms with van der Waals surface area (Å²) in [6, 6.07) is 12.9. The van der Waals surface area contributed by atoms with E-state index >= 15 is 0 Å². The molecule has 0 aliphatic carbocycles. The van der Waals surface area contributed by atoms with E-state index in [0.717, 1.165) is 11.1 Å². The summed E-state index contributed by atoms with van der Waals surface area (Å²) < 4.78 is 0. The van der Waals surface area contributed by atoms with E-state index in [2.05, 4.69) is 5.32 Å². The predicted octanol–water partition coefficient (Wildman–Crippen LogP) is 4.21. The first-order valence-electron chi connectivity index (χ1n) is 5.70. The molecule has 1 amide bonds. The van der Waals surface area contributed by atoms with Gasteiger partial charge in [0.2, 0.25) is 0 Å².